The minimum absolute atomic E-state index is 0.367. The zero-order valence-electron chi connectivity index (χ0n) is 8.45. The van der Waals surface area contributed by atoms with Gasteiger partial charge in [0.15, 0.2) is 5.75 Å². The topological polar surface area (TPSA) is 31.2 Å². The van der Waals surface area contributed by atoms with Gasteiger partial charge >= 0.3 is 5.97 Å². The summed E-state index contributed by atoms with van der Waals surface area (Å²) in [5.74, 6) is 0.0653. The van der Waals surface area contributed by atoms with Crippen LogP contribution in [0.25, 0.3) is 10.9 Å². The van der Waals surface area contributed by atoms with E-state index in [1.807, 2.05) is 29.9 Å². The lowest BCUT2D eigenvalue weighted by molar-refractivity contribution is -0.131. The molecule has 1 aromatic heterocycles. The largest absolute Gasteiger partial charge is 0.424 e. The number of benzene rings is 1. The van der Waals surface area contributed by atoms with Crippen LogP contribution in [0.15, 0.2) is 24.4 Å². The number of rotatable bonds is 1. The number of nitrogens with zero attached hydrogens (tertiary/aromatic N) is 1. The highest BCUT2D eigenvalue weighted by atomic mass is 35.5. The van der Waals surface area contributed by atoms with E-state index in [2.05, 4.69) is 0 Å². The van der Waals surface area contributed by atoms with E-state index in [0.717, 1.165) is 10.9 Å². The average molecular weight is 224 g/mol. The van der Waals surface area contributed by atoms with E-state index < -0.39 is 0 Å². The van der Waals surface area contributed by atoms with Crippen molar-refractivity contribution in [1.82, 2.24) is 4.57 Å². The second-order valence-electron chi connectivity index (χ2n) is 3.33. The van der Waals surface area contributed by atoms with E-state index in [1.54, 1.807) is 6.07 Å². The van der Waals surface area contributed by atoms with Crippen molar-refractivity contribution in [3.05, 3.63) is 29.4 Å². The van der Waals surface area contributed by atoms with Crippen LogP contribution in [0.3, 0.4) is 0 Å². The van der Waals surface area contributed by atoms with Gasteiger partial charge in [0.25, 0.3) is 0 Å². The fourth-order valence-corrected chi connectivity index (χ4v) is 1.75. The summed E-state index contributed by atoms with van der Waals surface area (Å²) in [5.41, 5.74) is 0.982. The standard InChI is InChI=1S/C11H10ClNO2/c1-7(14)15-11-8-5-6-13(2)10(8)4-3-9(11)12/h3-6H,1-2H3. The summed E-state index contributed by atoms with van der Waals surface area (Å²) in [6.45, 7) is 1.36. The lowest BCUT2D eigenvalue weighted by Crippen LogP contribution is -2.02. The Labute approximate surface area is 92.2 Å². The maximum Gasteiger partial charge on any atom is 0.308 e. The van der Waals surface area contributed by atoms with Crippen LogP contribution in [0.2, 0.25) is 5.02 Å². The minimum atomic E-state index is -0.367. The number of aryl methyl sites for hydroxylation is 1. The Kier molecular flexibility index (Phi) is 2.40. The van der Waals surface area contributed by atoms with E-state index in [-0.39, 0.29) is 5.97 Å². The van der Waals surface area contributed by atoms with E-state index in [0.29, 0.717) is 10.8 Å². The Morgan fingerprint density at radius 2 is 2.13 bits per heavy atom. The van der Waals surface area contributed by atoms with Crippen molar-refractivity contribution in [2.45, 2.75) is 6.92 Å². The molecule has 15 heavy (non-hydrogen) atoms. The number of hydrogen-bond donors (Lipinski definition) is 0. The van der Waals surface area contributed by atoms with E-state index >= 15 is 0 Å². The molecule has 2 rings (SSSR count). The van der Waals surface area contributed by atoms with Crippen molar-refractivity contribution in [3.63, 3.8) is 0 Å². The molecule has 0 aliphatic carbocycles. The number of carbonyl (C=O) groups excluding carboxylic acids is 1. The van der Waals surface area contributed by atoms with Crippen LogP contribution in [0, 0.1) is 0 Å². The van der Waals surface area contributed by atoms with Crippen molar-refractivity contribution in [2.75, 3.05) is 0 Å². The van der Waals surface area contributed by atoms with Crippen LogP contribution >= 0.6 is 11.6 Å². The fraction of sp³-hybridized carbons (Fsp3) is 0.182. The molecule has 0 bridgehead atoms. The van der Waals surface area contributed by atoms with Gasteiger partial charge in [-0.3, -0.25) is 4.79 Å². The maximum atomic E-state index is 10.9. The molecule has 0 atom stereocenters. The molecule has 3 nitrogen and oxygen atoms in total. The van der Waals surface area contributed by atoms with Crippen molar-refractivity contribution in [1.29, 1.82) is 0 Å². The monoisotopic (exact) mass is 223 g/mol. The van der Waals surface area contributed by atoms with Crippen LogP contribution in [-0.4, -0.2) is 10.5 Å². The zero-order valence-corrected chi connectivity index (χ0v) is 9.21. The molecular formula is C11H10ClNO2. The van der Waals surface area contributed by atoms with Crippen molar-refractivity contribution < 1.29 is 9.53 Å². The van der Waals surface area contributed by atoms with Gasteiger partial charge in [-0.05, 0) is 18.2 Å². The van der Waals surface area contributed by atoms with Crippen LogP contribution in [0.5, 0.6) is 5.75 Å². The van der Waals surface area contributed by atoms with Crippen LogP contribution < -0.4 is 4.74 Å². The summed E-state index contributed by atoms with van der Waals surface area (Å²) >= 11 is 5.97. The van der Waals surface area contributed by atoms with Crippen LogP contribution in [0.1, 0.15) is 6.92 Å². The van der Waals surface area contributed by atoms with Gasteiger partial charge in [-0.2, -0.15) is 0 Å². The van der Waals surface area contributed by atoms with Crippen LogP contribution in [-0.2, 0) is 11.8 Å². The predicted molar refractivity (Wildman–Crippen MR) is 59.2 cm³/mol. The first-order valence-corrected chi connectivity index (χ1v) is 4.89. The molecule has 0 saturated heterocycles. The van der Waals surface area contributed by atoms with Crippen LogP contribution in [0.4, 0.5) is 0 Å². The van der Waals surface area contributed by atoms with Gasteiger partial charge in [0.2, 0.25) is 0 Å². The van der Waals surface area contributed by atoms with Gasteiger partial charge in [-0.1, -0.05) is 11.6 Å². The van der Waals surface area contributed by atoms with E-state index in [9.17, 15) is 4.79 Å². The SMILES string of the molecule is CC(=O)Oc1c(Cl)ccc2c1ccn2C. The minimum Gasteiger partial charge on any atom is -0.424 e. The third-order valence-electron chi connectivity index (χ3n) is 2.22. The fourth-order valence-electron chi connectivity index (χ4n) is 1.55. The van der Waals surface area contributed by atoms with Gasteiger partial charge in [-0.25, -0.2) is 0 Å². The second-order valence-corrected chi connectivity index (χ2v) is 3.74. The summed E-state index contributed by atoms with van der Waals surface area (Å²) in [4.78, 5) is 10.9. The number of aromatic nitrogens is 1. The molecule has 2 aromatic rings. The van der Waals surface area contributed by atoms with Crippen molar-refractivity contribution in [3.8, 4) is 5.75 Å². The first-order valence-electron chi connectivity index (χ1n) is 4.51. The van der Waals surface area contributed by atoms with Gasteiger partial charge in [-0.15, -0.1) is 0 Å². The second kappa shape index (κ2) is 3.59. The number of fused-ring (bicyclic) bond motifs is 1. The van der Waals surface area contributed by atoms with Gasteiger partial charge in [0.05, 0.1) is 10.5 Å². The molecule has 4 heteroatoms. The molecular weight excluding hydrogens is 214 g/mol. The Morgan fingerprint density at radius 1 is 1.40 bits per heavy atom. The average Bonchev–Trinajstić information content (AvgIpc) is 2.52. The molecule has 1 aromatic carbocycles. The molecule has 0 spiro atoms. The summed E-state index contributed by atoms with van der Waals surface area (Å²) in [6, 6.07) is 5.49. The molecule has 1 heterocycles. The summed E-state index contributed by atoms with van der Waals surface area (Å²) in [7, 11) is 1.92. The quantitative estimate of drug-likeness (QED) is 0.550. The maximum absolute atomic E-state index is 10.9. The van der Waals surface area contributed by atoms with Crippen molar-refractivity contribution >= 4 is 28.5 Å². The molecule has 78 valence electrons. The van der Waals surface area contributed by atoms with E-state index in [4.69, 9.17) is 16.3 Å². The highest BCUT2D eigenvalue weighted by molar-refractivity contribution is 6.33. The molecule has 0 amide bonds. The smallest absolute Gasteiger partial charge is 0.308 e. The van der Waals surface area contributed by atoms with Crippen molar-refractivity contribution in [2.24, 2.45) is 7.05 Å². The van der Waals surface area contributed by atoms with Gasteiger partial charge in [0, 0.05) is 25.6 Å². The molecule has 0 radical (unpaired) electrons. The molecule has 0 aliphatic rings. The Balaban J connectivity index is 2.68. The number of carbonyl (C=O) groups is 1. The molecule has 0 saturated carbocycles. The molecule has 0 N–H and O–H groups in total. The molecule has 0 fully saturated rings. The number of ether oxygens (including phenoxy) is 1. The van der Waals surface area contributed by atoms with Gasteiger partial charge in [0.1, 0.15) is 0 Å². The lowest BCUT2D eigenvalue weighted by Gasteiger charge is -2.05. The third-order valence-corrected chi connectivity index (χ3v) is 2.51. The van der Waals surface area contributed by atoms with E-state index in [1.165, 1.54) is 6.92 Å². The number of esters is 1. The number of hydrogen-bond acceptors (Lipinski definition) is 2. The highest BCUT2D eigenvalue weighted by Crippen LogP contribution is 2.33. The Hall–Kier alpha value is -1.48. The molecule has 0 unspecified atom stereocenters. The Morgan fingerprint density at radius 3 is 2.80 bits per heavy atom. The first-order chi connectivity index (χ1) is 7.09. The predicted octanol–water partition coefficient (Wildman–Crippen LogP) is 2.76. The third kappa shape index (κ3) is 1.70. The van der Waals surface area contributed by atoms with Gasteiger partial charge < -0.3 is 9.30 Å². The first kappa shape index (κ1) is 10.1. The number of halogens is 1. The Bertz CT molecular complexity index is 531. The summed E-state index contributed by atoms with van der Waals surface area (Å²) in [5, 5.41) is 1.30. The molecule has 0 aliphatic heterocycles. The normalized spacial score (nSPS) is 10.6. The lowest BCUT2D eigenvalue weighted by atomic mass is 10.2. The summed E-state index contributed by atoms with van der Waals surface area (Å²) in [6.07, 6.45) is 1.90. The highest BCUT2D eigenvalue weighted by Gasteiger charge is 2.11. The zero-order chi connectivity index (χ0) is 11.0. The summed E-state index contributed by atoms with van der Waals surface area (Å²) < 4.78 is 7.03.